The van der Waals surface area contributed by atoms with Crippen LogP contribution in [-0.4, -0.2) is 0 Å². The van der Waals surface area contributed by atoms with Gasteiger partial charge >= 0.3 is 0 Å². The maximum Gasteiger partial charge on any atom is 0.0221 e. The fraction of sp³-hybridized carbons (Fsp3) is 0.0455. The number of benzene rings is 9. The standard InChI is InChI=1S/C44H31N/c1-5-13-35-30(9-1)21-23-39-41(35)25-33-11-3-7-15-37(33)43(39)28-45-27-29-17-19-32(20-18-29)44-38-16-8-4-12-34(38)26-42-36-14-6-2-10-31(36)22-24-40(42)44/h1-26,45H,27-28H2. The van der Waals surface area contributed by atoms with Crippen molar-refractivity contribution in [3.63, 3.8) is 0 Å². The van der Waals surface area contributed by atoms with Gasteiger partial charge in [0.2, 0.25) is 0 Å². The van der Waals surface area contributed by atoms with Crippen molar-refractivity contribution >= 4 is 64.6 Å². The molecule has 9 aromatic carbocycles. The lowest BCUT2D eigenvalue weighted by Gasteiger charge is -2.15. The number of rotatable bonds is 5. The summed E-state index contributed by atoms with van der Waals surface area (Å²) in [5.74, 6) is 0. The second kappa shape index (κ2) is 10.6. The lowest BCUT2D eigenvalue weighted by molar-refractivity contribution is 0.699. The van der Waals surface area contributed by atoms with E-state index in [1.807, 2.05) is 0 Å². The van der Waals surface area contributed by atoms with Crippen LogP contribution in [0.4, 0.5) is 0 Å². The third-order valence-electron chi connectivity index (χ3n) is 9.53. The normalized spacial score (nSPS) is 11.8. The Kier molecular flexibility index (Phi) is 6.11. The third-order valence-corrected chi connectivity index (χ3v) is 9.53. The van der Waals surface area contributed by atoms with Gasteiger partial charge in [0.05, 0.1) is 0 Å². The molecule has 0 aliphatic rings. The van der Waals surface area contributed by atoms with Crippen LogP contribution >= 0.6 is 0 Å². The average Bonchev–Trinajstić information content (AvgIpc) is 3.10. The van der Waals surface area contributed by atoms with Crippen LogP contribution in [0.2, 0.25) is 0 Å². The van der Waals surface area contributed by atoms with Crippen LogP contribution < -0.4 is 5.32 Å². The topological polar surface area (TPSA) is 12.0 Å². The molecule has 9 aromatic rings. The van der Waals surface area contributed by atoms with Crippen molar-refractivity contribution in [1.29, 1.82) is 0 Å². The summed E-state index contributed by atoms with van der Waals surface area (Å²) < 4.78 is 0. The van der Waals surface area contributed by atoms with E-state index in [0.29, 0.717) is 0 Å². The van der Waals surface area contributed by atoms with Gasteiger partial charge in [0.1, 0.15) is 0 Å². The summed E-state index contributed by atoms with van der Waals surface area (Å²) in [5, 5.41) is 19.4. The molecule has 45 heavy (non-hydrogen) atoms. The summed E-state index contributed by atoms with van der Waals surface area (Å²) in [4.78, 5) is 0. The maximum absolute atomic E-state index is 3.79. The largest absolute Gasteiger partial charge is 0.309 e. The monoisotopic (exact) mass is 573 g/mol. The lowest BCUT2D eigenvalue weighted by Crippen LogP contribution is -2.13. The highest BCUT2D eigenvalue weighted by Gasteiger charge is 2.13. The smallest absolute Gasteiger partial charge is 0.0221 e. The molecular weight excluding hydrogens is 542 g/mol. The predicted octanol–water partition coefficient (Wildman–Crippen LogP) is 11.6. The predicted molar refractivity (Wildman–Crippen MR) is 194 cm³/mol. The molecule has 0 radical (unpaired) electrons. The van der Waals surface area contributed by atoms with Crippen molar-refractivity contribution in [2.24, 2.45) is 0 Å². The zero-order valence-electron chi connectivity index (χ0n) is 24.9. The molecule has 0 spiro atoms. The summed E-state index contributed by atoms with van der Waals surface area (Å²) >= 11 is 0. The van der Waals surface area contributed by atoms with E-state index in [2.05, 4.69) is 163 Å². The van der Waals surface area contributed by atoms with Gasteiger partial charge in [0, 0.05) is 13.1 Å². The first-order valence-corrected chi connectivity index (χ1v) is 15.8. The Morgan fingerprint density at radius 3 is 1.51 bits per heavy atom. The molecule has 0 aromatic heterocycles. The van der Waals surface area contributed by atoms with Crippen molar-refractivity contribution in [3.8, 4) is 11.1 Å². The Hall–Kier alpha value is -5.50. The summed E-state index contributed by atoms with van der Waals surface area (Å²) in [5.41, 5.74) is 5.20. The van der Waals surface area contributed by atoms with Gasteiger partial charge in [-0.15, -0.1) is 0 Å². The first kappa shape index (κ1) is 25.9. The molecule has 0 amide bonds. The number of nitrogens with one attached hydrogen (secondary N) is 1. The molecule has 0 bridgehead atoms. The molecule has 0 fully saturated rings. The highest BCUT2D eigenvalue weighted by atomic mass is 14.8. The van der Waals surface area contributed by atoms with Gasteiger partial charge in [-0.3, -0.25) is 0 Å². The van der Waals surface area contributed by atoms with Crippen molar-refractivity contribution < 1.29 is 0 Å². The van der Waals surface area contributed by atoms with E-state index in [-0.39, 0.29) is 0 Å². The summed E-state index contributed by atoms with van der Waals surface area (Å²) in [6.07, 6.45) is 0. The van der Waals surface area contributed by atoms with Gasteiger partial charge in [-0.1, -0.05) is 146 Å². The van der Waals surface area contributed by atoms with Gasteiger partial charge in [-0.2, -0.15) is 0 Å². The highest BCUT2D eigenvalue weighted by Crippen LogP contribution is 2.39. The fourth-order valence-electron chi connectivity index (χ4n) is 7.36. The van der Waals surface area contributed by atoms with Crippen molar-refractivity contribution in [3.05, 3.63) is 169 Å². The quantitative estimate of drug-likeness (QED) is 0.159. The average molecular weight is 574 g/mol. The first-order valence-electron chi connectivity index (χ1n) is 15.8. The Bertz CT molecular complexity index is 2560. The van der Waals surface area contributed by atoms with Crippen molar-refractivity contribution in [1.82, 2.24) is 5.32 Å². The van der Waals surface area contributed by atoms with Crippen LogP contribution in [0, 0.1) is 0 Å². The van der Waals surface area contributed by atoms with Crippen LogP contribution in [0.15, 0.2) is 158 Å². The Balaban J connectivity index is 1.07. The van der Waals surface area contributed by atoms with Gasteiger partial charge in [-0.05, 0) is 99.0 Å². The molecule has 0 aliphatic heterocycles. The molecule has 1 N–H and O–H groups in total. The van der Waals surface area contributed by atoms with E-state index in [1.54, 1.807) is 0 Å². The molecule has 9 rings (SSSR count). The SMILES string of the molecule is c1ccc2c(CNCc3ccc(-c4c5ccccc5cc5c4ccc4ccccc45)cc3)c3ccc4ccccc4c3cc2c1. The third kappa shape index (κ3) is 4.36. The minimum atomic E-state index is 0.805. The number of hydrogen-bond acceptors (Lipinski definition) is 1. The van der Waals surface area contributed by atoms with Crippen LogP contribution in [0.5, 0.6) is 0 Å². The minimum absolute atomic E-state index is 0.805. The highest BCUT2D eigenvalue weighted by molar-refractivity contribution is 6.20. The first-order chi connectivity index (χ1) is 22.3. The molecular formula is C44H31N. The Morgan fingerprint density at radius 1 is 0.333 bits per heavy atom. The molecule has 0 saturated carbocycles. The molecule has 212 valence electrons. The van der Waals surface area contributed by atoms with Gasteiger partial charge in [0.25, 0.3) is 0 Å². The summed E-state index contributed by atoms with van der Waals surface area (Å²) in [6, 6.07) is 58.0. The van der Waals surface area contributed by atoms with E-state index >= 15 is 0 Å². The molecule has 0 aliphatic carbocycles. The van der Waals surface area contributed by atoms with E-state index in [9.17, 15) is 0 Å². The van der Waals surface area contributed by atoms with Crippen LogP contribution in [-0.2, 0) is 13.1 Å². The minimum Gasteiger partial charge on any atom is -0.309 e. The zero-order valence-corrected chi connectivity index (χ0v) is 24.9. The van der Waals surface area contributed by atoms with Gasteiger partial charge < -0.3 is 5.32 Å². The van der Waals surface area contributed by atoms with E-state index in [1.165, 1.54) is 86.9 Å². The zero-order chi connectivity index (χ0) is 29.7. The second-order valence-corrected chi connectivity index (χ2v) is 12.1. The summed E-state index contributed by atoms with van der Waals surface area (Å²) in [7, 11) is 0. The fourth-order valence-corrected chi connectivity index (χ4v) is 7.36. The molecule has 0 saturated heterocycles. The maximum atomic E-state index is 3.79. The molecule has 0 heterocycles. The van der Waals surface area contributed by atoms with E-state index in [0.717, 1.165) is 13.1 Å². The van der Waals surface area contributed by atoms with Crippen molar-refractivity contribution in [2.75, 3.05) is 0 Å². The van der Waals surface area contributed by atoms with Gasteiger partial charge in [0.15, 0.2) is 0 Å². The van der Waals surface area contributed by atoms with Crippen molar-refractivity contribution in [2.45, 2.75) is 13.1 Å². The van der Waals surface area contributed by atoms with E-state index in [4.69, 9.17) is 0 Å². The Morgan fingerprint density at radius 2 is 0.844 bits per heavy atom. The lowest BCUT2D eigenvalue weighted by atomic mass is 9.89. The number of fused-ring (bicyclic) bond motifs is 8. The van der Waals surface area contributed by atoms with Crippen LogP contribution in [0.1, 0.15) is 11.1 Å². The van der Waals surface area contributed by atoms with Crippen LogP contribution in [0.3, 0.4) is 0 Å². The molecule has 1 heteroatoms. The number of hydrogen-bond donors (Lipinski definition) is 1. The molecule has 0 atom stereocenters. The van der Waals surface area contributed by atoms with Crippen LogP contribution in [0.25, 0.3) is 75.8 Å². The molecule has 1 nitrogen and oxygen atoms in total. The van der Waals surface area contributed by atoms with E-state index < -0.39 is 0 Å². The Labute approximate surface area is 262 Å². The molecule has 0 unspecified atom stereocenters. The second-order valence-electron chi connectivity index (χ2n) is 12.1. The summed E-state index contributed by atoms with van der Waals surface area (Å²) in [6.45, 7) is 1.61. The van der Waals surface area contributed by atoms with Gasteiger partial charge in [-0.25, -0.2) is 0 Å².